The van der Waals surface area contributed by atoms with Crippen molar-refractivity contribution in [1.29, 1.82) is 0 Å². The lowest BCUT2D eigenvalue weighted by Gasteiger charge is -2.34. The maximum Gasteiger partial charge on any atom is 0.387 e. The predicted molar refractivity (Wildman–Crippen MR) is 133 cm³/mol. The van der Waals surface area contributed by atoms with Crippen LogP contribution in [0.5, 0.6) is 5.75 Å². The Kier molecular flexibility index (Phi) is 7.17. The Morgan fingerprint density at radius 3 is 2.26 bits per heavy atom. The Morgan fingerprint density at radius 2 is 1.71 bits per heavy atom. The monoisotopic (exact) mass is 544 g/mol. The quantitative estimate of drug-likeness (QED) is 0.290. The number of rotatable bonds is 11. The second kappa shape index (κ2) is 10.4. The zero-order valence-electron chi connectivity index (χ0n) is 20.5. The van der Waals surface area contributed by atoms with Crippen LogP contribution in [0.1, 0.15) is 49.4 Å². The topological polar surface area (TPSA) is 76.6 Å². The van der Waals surface area contributed by atoms with Crippen LogP contribution in [0.3, 0.4) is 0 Å². The molecule has 0 radical (unpaired) electrons. The van der Waals surface area contributed by atoms with E-state index in [-0.39, 0.29) is 41.5 Å². The van der Waals surface area contributed by atoms with E-state index in [1.807, 2.05) is 6.07 Å². The average molecular weight is 545 g/mol. The van der Waals surface area contributed by atoms with Gasteiger partial charge in [0.25, 0.3) is 0 Å². The molecule has 1 heterocycles. The molecule has 0 bridgehead atoms. The molecule has 1 atom stereocenters. The SMILES string of the molecule is O=C(CC1(S(=O)(=O)c2ccc(F)cc2)CC1)N(Cc1ccccn1)C(c1ccc(OC(F)F)cc1)C1CC1. The molecule has 1 aromatic heterocycles. The maximum absolute atomic E-state index is 13.9. The molecular formula is C28H27F3N2O4S. The molecular weight excluding hydrogens is 517 g/mol. The third-order valence-corrected chi connectivity index (χ3v) is 9.79. The maximum atomic E-state index is 13.9. The number of hydrogen-bond donors (Lipinski definition) is 0. The molecule has 0 saturated heterocycles. The molecule has 6 nitrogen and oxygen atoms in total. The fraction of sp³-hybridized carbons (Fsp3) is 0.357. The van der Waals surface area contributed by atoms with Gasteiger partial charge in [0.2, 0.25) is 5.91 Å². The molecule has 0 aliphatic heterocycles. The second-order valence-corrected chi connectivity index (χ2v) is 12.2. The van der Waals surface area contributed by atoms with Crippen molar-refractivity contribution in [3.05, 3.63) is 90.0 Å². The zero-order valence-corrected chi connectivity index (χ0v) is 21.3. The van der Waals surface area contributed by atoms with Gasteiger partial charge >= 0.3 is 6.61 Å². The van der Waals surface area contributed by atoms with E-state index in [1.165, 1.54) is 24.3 Å². The highest BCUT2D eigenvalue weighted by atomic mass is 32.2. The lowest BCUT2D eigenvalue weighted by Crippen LogP contribution is -2.39. The summed E-state index contributed by atoms with van der Waals surface area (Å²) < 4.78 is 68.9. The molecule has 3 aromatic rings. The first kappa shape index (κ1) is 26.2. The van der Waals surface area contributed by atoms with E-state index in [9.17, 15) is 26.4 Å². The van der Waals surface area contributed by atoms with Crippen LogP contribution in [0.15, 0.2) is 77.8 Å². The molecule has 1 amide bonds. The van der Waals surface area contributed by atoms with Crippen LogP contribution in [0.25, 0.3) is 0 Å². The highest BCUT2D eigenvalue weighted by Crippen LogP contribution is 2.51. The van der Waals surface area contributed by atoms with Crippen LogP contribution in [0, 0.1) is 11.7 Å². The summed E-state index contributed by atoms with van der Waals surface area (Å²) in [4.78, 5) is 20.0. The molecule has 2 aliphatic rings. The summed E-state index contributed by atoms with van der Waals surface area (Å²) in [5.74, 6) is -0.705. The zero-order chi connectivity index (χ0) is 26.9. The number of carbonyl (C=O) groups is 1. The van der Waals surface area contributed by atoms with Gasteiger partial charge in [0.15, 0.2) is 9.84 Å². The van der Waals surface area contributed by atoms with Crippen molar-refractivity contribution in [2.24, 2.45) is 5.92 Å². The highest BCUT2D eigenvalue weighted by molar-refractivity contribution is 7.93. The van der Waals surface area contributed by atoms with E-state index in [1.54, 1.807) is 35.4 Å². The van der Waals surface area contributed by atoms with Gasteiger partial charge in [-0.1, -0.05) is 18.2 Å². The van der Waals surface area contributed by atoms with Gasteiger partial charge in [0.1, 0.15) is 11.6 Å². The van der Waals surface area contributed by atoms with Crippen LogP contribution in [0.4, 0.5) is 13.2 Å². The van der Waals surface area contributed by atoms with Gasteiger partial charge < -0.3 is 9.64 Å². The van der Waals surface area contributed by atoms with Gasteiger partial charge in [-0.2, -0.15) is 8.78 Å². The van der Waals surface area contributed by atoms with E-state index in [0.717, 1.165) is 30.5 Å². The summed E-state index contributed by atoms with van der Waals surface area (Å²) in [5, 5.41) is 0. The number of amides is 1. The first-order valence-electron chi connectivity index (χ1n) is 12.4. The molecule has 200 valence electrons. The summed E-state index contributed by atoms with van der Waals surface area (Å²) in [6.07, 6.45) is 3.85. The molecule has 0 spiro atoms. The number of alkyl halides is 2. The fourth-order valence-electron chi connectivity index (χ4n) is 4.89. The van der Waals surface area contributed by atoms with Crippen molar-refractivity contribution in [2.45, 2.75) is 60.9 Å². The van der Waals surface area contributed by atoms with Crippen LogP contribution in [-0.4, -0.2) is 35.6 Å². The van der Waals surface area contributed by atoms with Gasteiger partial charge in [-0.05, 0) is 85.7 Å². The minimum Gasteiger partial charge on any atom is -0.435 e. The minimum atomic E-state index is -3.88. The van der Waals surface area contributed by atoms with Crippen molar-refractivity contribution < 1.29 is 31.1 Å². The molecule has 2 aromatic carbocycles. The molecule has 1 unspecified atom stereocenters. The number of nitrogens with zero attached hydrogens (tertiary/aromatic N) is 2. The van der Waals surface area contributed by atoms with E-state index in [4.69, 9.17) is 0 Å². The minimum absolute atomic E-state index is 0.00571. The Balaban J connectivity index is 1.45. The van der Waals surface area contributed by atoms with Crippen molar-refractivity contribution in [3.63, 3.8) is 0 Å². The Bertz CT molecular complexity index is 1380. The number of halogens is 3. The Morgan fingerprint density at radius 1 is 1.03 bits per heavy atom. The second-order valence-electron chi connectivity index (χ2n) is 9.89. The molecule has 2 aliphatic carbocycles. The Labute approximate surface area is 219 Å². The standard InChI is InChI=1S/C28H27F3N2O4S/c29-21-8-12-24(13-9-21)38(35,36)28(14-15-28)17-25(34)33(18-22-3-1-2-16-32-22)26(19-4-5-19)20-6-10-23(11-7-20)37-27(30)31/h1-3,6-13,16,19,26-27H,4-5,14-15,17-18H2. The van der Waals surface area contributed by atoms with Crippen LogP contribution in [-0.2, 0) is 21.2 Å². The number of aromatic nitrogens is 1. The fourth-order valence-corrected chi connectivity index (χ4v) is 6.84. The number of carbonyl (C=O) groups excluding carboxylic acids is 1. The van der Waals surface area contributed by atoms with Gasteiger partial charge in [-0.25, -0.2) is 12.8 Å². The summed E-state index contributed by atoms with van der Waals surface area (Å²) in [6.45, 7) is -2.77. The lowest BCUT2D eigenvalue weighted by atomic mass is 9.99. The summed E-state index contributed by atoms with van der Waals surface area (Å²) >= 11 is 0. The van der Waals surface area contributed by atoms with E-state index in [0.29, 0.717) is 18.5 Å². The number of pyridine rings is 1. The average Bonchev–Trinajstić information content (AvgIpc) is 3.82. The van der Waals surface area contributed by atoms with Crippen LogP contribution in [0.2, 0.25) is 0 Å². The predicted octanol–water partition coefficient (Wildman–Crippen LogP) is 5.70. The number of ether oxygens (including phenoxy) is 1. The Hall–Kier alpha value is -3.40. The van der Waals surface area contributed by atoms with Gasteiger partial charge in [0, 0.05) is 12.6 Å². The lowest BCUT2D eigenvalue weighted by molar-refractivity contribution is -0.135. The number of sulfone groups is 1. The number of hydrogen-bond acceptors (Lipinski definition) is 5. The molecule has 38 heavy (non-hydrogen) atoms. The third kappa shape index (κ3) is 5.55. The van der Waals surface area contributed by atoms with Crippen molar-refractivity contribution in [1.82, 2.24) is 9.88 Å². The smallest absolute Gasteiger partial charge is 0.387 e. The first-order valence-corrected chi connectivity index (χ1v) is 13.9. The molecule has 0 N–H and O–H groups in total. The summed E-state index contributed by atoms with van der Waals surface area (Å²) in [7, 11) is -3.88. The summed E-state index contributed by atoms with van der Waals surface area (Å²) in [6, 6.07) is 15.9. The molecule has 10 heteroatoms. The van der Waals surface area contributed by atoms with Gasteiger partial charge in [-0.3, -0.25) is 9.78 Å². The van der Waals surface area contributed by atoms with E-state index < -0.39 is 27.0 Å². The van der Waals surface area contributed by atoms with Crippen LogP contribution < -0.4 is 4.74 Å². The largest absolute Gasteiger partial charge is 0.435 e. The van der Waals surface area contributed by atoms with Crippen molar-refractivity contribution in [3.8, 4) is 5.75 Å². The van der Waals surface area contributed by atoms with Crippen molar-refractivity contribution >= 4 is 15.7 Å². The summed E-state index contributed by atoms with van der Waals surface area (Å²) in [5.41, 5.74) is 1.40. The van der Waals surface area contributed by atoms with Gasteiger partial charge in [0.05, 0.1) is 27.9 Å². The molecule has 5 rings (SSSR count). The van der Waals surface area contributed by atoms with Crippen LogP contribution >= 0.6 is 0 Å². The normalized spacial score (nSPS) is 17.2. The van der Waals surface area contributed by atoms with E-state index in [2.05, 4.69) is 9.72 Å². The van der Waals surface area contributed by atoms with Crippen molar-refractivity contribution in [2.75, 3.05) is 0 Å². The number of benzene rings is 2. The first-order chi connectivity index (χ1) is 18.2. The highest BCUT2D eigenvalue weighted by Gasteiger charge is 2.57. The van der Waals surface area contributed by atoms with E-state index >= 15 is 0 Å². The van der Waals surface area contributed by atoms with Gasteiger partial charge in [-0.15, -0.1) is 0 Å². The third-order valence-electron chi connectivity index (χ3n) is 7.21. The molecule has 2 saturated carbocycles. The molecule has 2 fully saturated rings.